The van der Waals surface area contributed by atoms with Gasteiger partial charge in [0.25, 0.3) is 0 Å². The maximum Gasteiger partial charge on any atom is 0.202 e. The fourth-order valence-corrected chi connectivity index (χ4v) is 2.56. The summed E-state index contributed by atoms with van der Waals surface area (Å²) in [6, 6.07) is 1.44. The van der Waals surface area contributed by atoms with E-state index in [0.717, 1.165) is 19.4 Å². The van der Waals surface area contributed by atoms with Gasteiger partial charge in [-0.3, -0.25) is 0 Å². The van der Waals surface area contributed by atoms with Crippen molar-refractivity contribution in [2.24, 2.45) is 0 Å². The summed E-state index contributed by atoms with van der Waals surface area (Å²) in [7, 11) is 1.26. The summed E-state index contributed by atoms with van der Waals surface area (Å²) in [5, 5.41) is 3.27. The van der Waals surface area contributed by atoms with Gasteiger partial charge in [-0.1, -0.05) is 11.6 Å². The Bertz CT molecular complexity index is 445. The smallest absolute Gasteiger partial charge is 0.202 e. The van der Waals surface area contributed by atoms with Crippen LogP contribution in [0.25, 0.3) is 0 Å². The molecule has 0 spiro atoms. The average Bonchev–Trinajstić information content (AvgIpc) is 2.72. The number of halogens is 3. The Labute approximate surface area is 104 Å². The van der Waals surface area contributed by atoms with Gasteiger partial charge in [0.05, 0.1) is 12.1 Å². The van der Waals surface area contributed by atoms with Gasteiger partial charge in [0, 0.05) is 11.1 Å². The Morgan fingerprint density at radius 3 is 2.65 bits per heavy atom. The Hall–Kier alpha value is -0.870. The molecule has 1 atom stereocenters. The van der Waals surface area contributed by atoms with Gasteiger partial charge in [-0.25, -0.2) is 4.39 Å². The number of hydrogen-bond donors (Lipinski definition) is 1. The number of nitrogens with one attached hydrogen (secondary N) is 1. The molecule has 1 saturated heterocycles. The van der Waals surface area contributed by atoms with Crippen LogP contribution in [0.3, 0.4) is 0 Å². The highest BCUT2D eigenvalue weighted by Gasteiger charge is 2.35. The van der Waals surface area contributed by atoms with Gasteiger partial charge >= 0.3 is 0 Å². The van der Waals surface area contributed by atoms with Crippen molar-refractivity contribution in [2.45, 2.75) is 25.3 Å². The molecule has 1 unspecified atom stereocenters. The Balaban J connectivity index is 2.56. The predicted molar refractivity (Wildman–Crippen MR) is 62.5 cm³/mol. The van der Waals surface area contributed by atoms with Gasteiger partial charge in [-0.2, -0.15) is 4.39 Å². The molecule has 1 aromatic rings. The second kappa shape index (κ2) is 4.42. The van der Waals surface area contributed by atoms with Crippen molar-refractivity contribution in [2.75, 3.05) is 13.7 Å². The van der Waals surface area contributed by atoms with Crippen LogP contribution in [0.5, 0.6) is 5.75 Å². The molecule has 0 aromatic heterocycles. The molecule has 17 heavy (non-hydrogen) atoms. The van der Waals surface area contributed by atoms with Gasteiger partial charge < -0.3 is 10.1 Å². The van der Waals surface area contributed by atoms with Crippen LogP contribution in [0.15, 0.2) is 6.07 Å². The number of benzene rings is 1. The molecular weight excluding hydrogens is 248 g/mol. The Morgan fingerprint density at radius 1 is 1.41 bits per heavy atom. The summed E-state index contributed by atoms with van der Waals surface area (Å²) in [5.41, 5.74) is -0.292. The number of hydrogen-bond acceptors (Lipinski definition) is 2. The van der Waals surface area contributed by atoms with E-state index in [0.29, 0.717) is 0 Å². The molecule has 0 aliphatic carbocycles. The maximum atomic E-state index is 14.0. The highest BCUT2D eigenvalue weighted by atomic mass is 35.5. The van der Waals surface area contributed by atoms with Gasteiger partial charge in [0.2, 0.25) is 5.82 Å². The van der Waals surface area contributed by atoms with Crippen LogP contribution in [0.2, 0.25) is 5.02 Å². The molecule has 1 fully saturated rings. The van der Waals surface area contributed by atoms with Gasteiger partial charge in [-0.05, 0) is 32.4 Å². The molecule has 2 rings (SSSR count). The fourth-order valence-electron chi connectivity index (χ4n) is 2.29. The van der Waals surface area contributed by atoms with E-state index in [1.165, 1.54) is 13.2 Å². The summed E-state index contributed by atoms with van der Waals surface area (Å²) in [5.74, 6) is -2.15. The monoisotopic (exact) mass is 261 g/mol. The molecule has 2 nitrogen and oxygen atoms in total. The third-order valence-corrected chi connectivity index (χ3v) is 3.56. The molecule has 0 saturated carbocycles. The molecule has 1 aliphatic rings. The topological polar surface area (TPSA) is 21.3 Å². The zero-order valence-electron chi connectivity index (χ0n) is 9.74. The number of rotatable bonds is 2. The normalized spacial score (nSPS) is 24.1. The molecule has 0 bridgehead atoms. The van der Waals surface area contributed by atoms with Crippen molar-refractivity contribution in [3.63, 3.8) is 0 Å². The van der Waals surface area contributed by atoms with Crippen molar-refractivity contribution in [1.29, 1.82) is 0 Å². The summed E-state index contributed by atoms with van der Waals surface area (Å²) < 4.78 is 32.4. The SMILES string of the molecule is COc1c(Cl)cc(C2(C)CCCN2)c(F)c1F. The maximum absolute atomic E-state index is 14.0. The van der Waals surface area contributed by atoms with E-state index in [9.17, 15) is 8.78 Å². The van der Waals surface area contributed by atoms with Crippen molar-refractivity contribution < 1.29 is 13.5 Å². The van der Waals surface area contributed by atoms with Crippen LogP contribution in [0.4, 0.5) is 8.78 Å². The third-order valence-electron chi connectivity index (χ3n) is 3.28. The lowest BCUT2D eigenvalue weighted by Crippen LogP contribution is -2.34. The Morgan fingerprint density at radius 2 is 2.12 bits per heavy atom. The van der Waals surface area contributed by atoms with Gasteiger partial charge in [0.15, 0.2) is 11.6 Å². The molecular formula is C12H14ClF2NO. The minimum Gasteiger partial charge on any atom is -0.492 e. The van der Waals surface area contributed by atoms with E-state index >= 15 is 0 Å². The first-order valence-corrected chi connectivity index (χ1v) is 5.84. The van der Waals surface area contributed by atoms with Crippen LogP contribution in [-0.4, -0.2) is 13.7 Å². The fraction of sp³-hybridized carbons (Fsp3) is 0.500. The quantitative estimate of drug-likeness (QED) is 0.826. The van der Waals surface area contributed by atoms with Crippen molar-refractivity contribution in [3.8, 4) is 5.75 Å². The number of methoxy groups -OCH3 is 1. The first-order valence-electron chi connectivity index (χ1n) is 5.46. The van der Waals surface area contributed by atoms with E-state index in [2.05, 4.69) is 5.32 Å². The minimum absolute atomic E-state index is 0.0938. The van der Waals surface area contributed by atoms with Crippen LogP contribution < -0.4 is 10.1 Å². The molecule has 1 aromatic carbocycles. The first-order chi connectivity index (χ1) is 7.99. The summed E-state index contributed by atoms with van der Waals surface area (Å²) in [6.07, 6.45) is 1.69. The van der Waals surface area contributed by atoms with E-state index in [1.54, 1.807) is 0 Å². The highest BCUT2D eigenvalue weighted by molar-refractivity contribution is 6.32. The largest absolute Gasteiger partial charge is 0.492 e. The van der Waals surface area contributed by atoms with E-state index in [4.69, 9.17) is 16.3 Å². The summed E-state index contributed by atoms with van der Waals surface area (Å²) >= 11 is 5.89. The van der Waals surface area contributed by atoms with Crippen molar-refractivity contribution >= 4 is 11.6 Å². The van der Waals surface area contributed by atoms with Crippen LogP contribution >= 0.6 is 11.6 Å². The van der Waals surface area contributed by atoms with Gasteiger partial charge in [-0.15, -0.1) is 0 Å². The van der Waals surface area contributed by atoms with Crippen LogP contribution in [-0.2, 0) is 5.54 Å². The highest BCUT2D eigenvalue weighted by Crippen LogP contribution is 2.39. The zero-order valence-corrected chi connectivity index (χ0v) is 10.5. The van der Waals surface area contributed by atoms with Crippen LogP contribution in [0.1, 0.15) is 25.3 Å². The molecule has 5 heteroatoms. The predicted octanol–water partition coefficient (Wildman–Crippen LogP) is 3.23. The zero-order chi connectivity index (χ0) is 12.6. The Kier molecular flexibility index (Phi) is 3.27. The second-order valence-corrected chi connectivity index (χ2v) is 4.84. The molecule has 94 valence electrons. The first kappa shape index (κ1) is 12.6. The van der Waals surface area contributed by atoms with Crippen molar-refractivity contribution in [1.82, 2.24) is 5.32 Å². The molecule has 0 amide bonds. The minimum atomic E-state index is -1.02. The lowest BCUT2D eigenvalue weighted by Gasteiger charge is -2.26. The molecule has 1 aliphatic heterocycles. The molecule has 1 heterocycles. The summed E-state index contributed by atoms with van der Waals surface area (Å²) in [4.78, 5) is 0. The van der Waals surface area contributed by atoms with E-state index in [1.807, 2.05) is 6.92 Å². The number of ether oxygens (including phenoxy) is 1. The van der Waals surface area contributed by atoms with Crippen LogP contribution in [0, 0.1) is 11.6 Å². The van der Waals surface area contributed by atoms with E-state index in [-0.39, 0.29) is 16.3 Å². The standard InChI is InChI=1S/C12H14ClF2NO/c1-12(4-3-5-16-12)7-6-8(13)11(17-2)10(15)9(7)14/h6,16H,3-5H2,1-2H3. The third kappa shape index (κ3) is 2.00. The van der Waals surface area contributed by atoms with Gasteiger partial charge in [0.1, 0.15) is 0 Å². The lowest BCUT2D eigenvalue weighted by molar-refractivity contribution is 0.355. The molecule has 1 N–H and O–H groups in total. The molecule has 0 radical (unpaired) electrons. The van der Waals surface area contributed by atoms with Crippen molar-refractivity contribution in [3.05, 3.63) is 28.3 Å². The van der Waals surface area contributed by atoms with E-state index < -0.39 is 17.2 Å². The second-order valence-electron chi connectivity index (χ2n) is 4.43. The summed E-state index contributed by atoms with van der Waals surface area (Å²) in [6.45, 7) is 2.64. The average molecular weight is 262 g/mol. The lowest BCUT2D eigenvalue weighted by atomic mass is 9.90.